The molecule has 1 heterocycles. The van der Waals surface area contributed by atoms with Crippen molar-refractivity contribution in [2.45, 2.75) is 19.4 Å². The monoisotopic (exact) mass is 355 g/mol. The lowest BCUT2D eigenvalue weighted by atomic mass is 10.1. The molecule has 7 heteroatoms. The van der Waals surface area contributed by atoms with Gasteiger partial charge in [0.05, 0.1) is 0 Å². The summed E-state index contributed by atoms with van der Waals surface area (Å²) < 4.78 is 6.34. The van der Waals surface area contributed by atoms with Crippen molar-refractivity contribution in [1.82, 2.24) is 5.32 Å². The largest absolute Gasteiger partial charge is 0.480 e. The Kier molecular flexibility index (Phi) is 4.64. The Morgan fingerprint density at radius 1 is 1.43 bits per heavy atom. The van der Waals surface area contributed by atoms with E-state index in [-0.39, 0.29) is 18.8 Å². The van der Waals surface area contributed by atoms with E-state index in [9.17, 15) is 9.59 Å². The van der Waals surface area contributed by atoms with Crippen molar-refractivity contribution in [1.29, 1.82) is 0 Å². The Labute approximate surface area is 128 Å². The number of aliphatic hydroxyl groups is 1. The van der Waals surface area contributed by atoms with E-state index in [2.05, 4.69) is 21.2 Å². The number of carbonyl (C=O) groups is 2. The zero-order valence-electron chi connectivity index (χ0n) is 11.2. The lowest BCUT2D eigenvalue weighted by molar-refractivity contribution is -0.139. The molecule has 6 nitrogen and oxygen atoms in total. The highest BCUT2D eigenvalue weighted by molar-refractivity contribution is 9.10. The average Bonchev–Trinajstić information content (AvgIpc) is 2.75. The Morgan fingerprint density at radius 3 is 2.76 bits per heavy atom. The molecule has 0 aliphatic rings. The van der Waals surface area contributed by atoms with Crippen LogP contribution in [0.15, 0.2) is 27.1 Å². The summed E-state index contributed by atoms with van der Waals surface area (Å²) in [6, 6.07) is 4.19. The van der Waals surface area contributed by atoms with Crippen LogP contribution in [-0.4, -0.2) is 34.7 Å². The second kappa shape index (κ2) is 6.28. The van der Waals surface area contributed by atoms with E-state index >= 15 is 0 Å². The molecule has 112 valence electrons. The first-order valence-electron chi connectivity index (χ1n) is 6.27. The maximum absolute atomic E-state index is 12.1. The summed E-state index contributed by atoms with van der Waals surface area (Å²) in [6.45, 7) is 1.40. The summed E-state index contributed by atoms with van der Waals surface area (Å²) >= 11 is 3.35. The highest BCUT2D eigenvalue weighted by atomic mass is 79.9. The van der Waals surface area contributed by atoms with Crippen molar-refractivity contribution in [3.63, 3.8) is 0 Å². The van der Waals surface area contributed by atoms with Gasteiger partial charge in [-0.3, -0.25) is 4.79 Å². The van der Waals surface area contributed by atoms with Crippen LogP contribution in [0.2, 0.25) is 0 Å². The lowest BCUT2D eigenvalue weighted by Gasteiger charge is -2.12. The predicted octanol–water partition coefficient (Wildman–Crippen LogP) is 2.07. The normalized spacial score (nSPS) is 12.3. The smallest absolute Gasteiger partial charge is 0.326 e. The van der Waals surface area contributed by atoms with Gasteiger partial charge in [0.15, 0.2) is 5.76 Å². The van der Waals surface area contributed by atoms with Crippen molar-refractivity contribution in [3.05, 3.63) is 34.0 Å². The second-order valence-electron chi connectivity index (χ2n) is 4.57. The fourth-order valence-electron chi connectivity index (χ4n) is 2.02. The molecule has 2 rings (SSSR count). The molecule has 0 aliphatic heterocycles. The number of furan rings is 1. The molecule has 1 aromatic carbocycles. The van der Waals surface area contributed by atoms with Crippen LogP contribution in [0, 0.1) is 6.92 Å². The Balaban J connectivity index is 2.31. The summed E-state index contributed by atoms with van der Waals surface area (Å²) in [4.78, 5) is 23.1. The first-order chi connectivity index (χ1) is 9.93. The average molecular weight is 356 g/mol. The number of amides is 1. The number of halogens is 1. The van der Waals surface area contributed by atoms with Crippen LogP contribution < -0.4 is 5.32 Å². The summed E-state index contributed by atoms with van der Waals surface area (Å²) in [6.07, 6.45) is -0.0636. The van der Waals surface area contributed by atoms with Gasteiger partial charge in [0.2, 0.25) is 0 Å². The van der Waals surface area contributed by atoms with Gasteiger partial charge in [0.1, 0.15) is 11.6 Å². The first kappa shape index (κ1) is 15.5. The number of carboxylic acid groups (broad SMARTS) is 1. The van der Waals surface area contributed by atoms with Crippen molar-refractivity contribution in [3.8, 4) is 0 Å². The minimum absolute atomic E-state index is 0.0636. The van der Waals surface area contributed by atoms with Crippen molar-refractivity contribution >= 4 is 38.8 Å². The van der Waals surface area contributed by atoms with Gasteiger partial charge in [-0.25, -0.2) is 4.79 Å². The molecule has 0 fully saturated rings. The summed E-state index contributed by atoms with van der Waals surface area (Å²) in [7, 11) is 0. The van der Waals surface area contributed by atoms with Crippen molar-refractivity contribution in [2.75, 3.05) is 6.61 Å². The number of hydrogen-bond acceptors (Lipinski definition) is 4. The molecular weight excluding hydrogens is 342 g/mol. The molecule has 0 bridgehead atoms. The van der Waals surface area contributed by atoms with Gasteiger partial charge in [-0.1, -0.05) is 15.9 Å². The van der Waals surface area contributed by atoms with Crippen LogP contribution in [-0.2, 0) is 4.79 Å². The van der Waals surface area contributed by atoms with E-state index in [1.54, 1.807) is 19.1 Å². The lowest BCUT2D eigenvalue weighted by Crippen LogP contribution is -2.41. The van der Waals surface area contributed by atoms with E-state index in [0.29, 0.717) is 11.1 Å². The fraction of sp³-hybridized carbons (Fsp3) is 0.286. The van der Waals surface area contributed by atoms with E-state index < -0.39 is 17.9 Å². The Bertz CT molecular complexity index is 694. The van der Waals surface area contributed by atoms with Crippen molar-refractivity contribution in [2.24, 2.45) is 0 Å². The highest BCUT2D eigenvalue weighted by Crippen LogP contribution is 2.28. The van der Waals surface area contributed by atoms with E-state index in [4.69, 9.17) is 14.6 Å². The van der Waals surface area contributed by atoms with Gasteiger partial charge < -0.3 is 19.9 Å². The molecule has 1 amide bonds. The SMILES string of the molecule is Cc1c(C(=O)N[C@H](CCO)C(=O)O)oc2ccc(Br)cc12. The van der Waals surface area contributed by atoms with Crippen LogP contribution in [0.4, 0.5) is 0 Å². The first-order valence-corrected chi connectivity index (χ1v) is 7.06. The number of fused-ring (bicyclic) bond motifs is 1. The number of nitrogens with one attached hydrogen (secondary N) is 1. The van der Waals surface area contributed by atoms with Gasteiger partial charge in [-0.05, 0) is 25.1 Å². The zero-order chi connectivity index (χ0) is 15.6. The predicted molar refractivity (Wildman–Crippen MR) is 79.2 cm³/mol. The summed E-state index contributed by atoms with van der Waals surface area (Å²) in [5.74, 6) is -1.73. The van der Waals surface area contributed by atoms with Gasteiger partial charge >= 0.3 is 5.97 Å². The molecule has 1 aromatic heterocycles. The topological polar surface area (TPSA) is 99.8 Å². The van der Waals surface area contributed by atoms with Gasteiger partial charge in [-0.15, -0.1) is 0 Å². The molecule has 0 aliphatic carbocycles. The molecule has 0 unspecified atom stereocenters. The van der Waals surface area contributed by atoms with E-state index in [1.807, 2.05) is 6.07 Å². The van der Waals surface area contributed by atoms with Crippen LogP contribution >= 0.6 is 15.9 Å². The maximum Gasteiger partial charge on any atom is 0.326 e. The number of rotatable bonds is 5. The standard InChI is InChI=1S/C14H14BrNO5/c1-7-9-6-8(15)2-3-11(9)21-12(7)13(18)16-10(4-5-17)14(19)20/h2-3,6,10,17H,4-5H2,1H3,(H,16,18)(H,19,20)/t10-/m1/s1. The van der Waals surface area contributed by atoms with Gasteiger partial charge in [0, 0.05) is 28.5 Å². The minimum Gasteiger partial charge on any atom is -0.480 e. The number of carbonyl (C=O) groups excluding carboxylic acids is 1. The zero-order valence-corrected chi connectivity index (χ0v) is 12.8. The van der Waals surface area contributed by atoms with Crippen molar-refractivity contribution < 1.29 is 24.2 Å². The number of aryl methyl sites for hydroxylation is 1. The van der Waals surface area contributed by atoms with Crippen LogP contribution in [0.5, 0.6) is 0 Å². The van der Waals surface area contributed by atoms with E-state index in [1.165, 1.54) is 0 Å². The molecule has 21 heavy (non-hydrogen) atoms. The molecule has 3 N–H and O–H groups in total. The maximum atomic E-state index is 12.1. The summed E-state index contributed by atoms with van der Waals surface area (Å²) in [5, 5.41) is 20.9. The number of aliphatic hydroxyl groups excluding tert-OH is 1. The van der Waals surface area contributed by atoms with E-state index in [0.717, 1.165) is 9.86 Å². The molecule has 0 saturated carbocycles. The molecule has 0 saturated heterocycles. The number of benzene rings is 1. The third-order valence-corrected chi connectivity index (χ3v) is 3.62. The van der Waals surface area contributed by atoms with Crippen LogP contribution in [0.25, 0.3) is 11.0 Å². The fourth-order valence-corrected chi connectivity index (χ4v) is 2.38. The molecule has 0 spiro atoms. The molecule has 2 aromatic rings. The Hall–Kier alpha value is -1.86. The quantitative estimate of drug-likeness (QED) is 0.762. The van der Waals surface area contributed by atoms with Gasteiger partial charge in [0.25, 0.3) is 5.91 Å². The van der Waals surface area contributed by atoms with Crippen LogP contribution in [0.1, 0.15) is 22.5 Å². The Morgan fingerprint density at radius 2 is 2.14 bits per heavy atom. The number of carboxylic acids is 1. The third-order valence-electron chi connectivity index (χ3n) is 3.13. The number of aliphatic carboxylic acids is 1. The van der Waals surface area contributed by atoms with Gasteiger partial charge in [-0.2, -0.15) is 0 Å². The molecule has 1 atom stereocenters. The summed E-state index contributed by atoms with van der Waals surface area (Å²) in [5.41, 5.74) is 1.19. The highest BCUT2D eigenvalue weighted by Gasteiger charge is 2.24. The molecular formula is C14H14BrNO5. The molecule has 0 radical (unpaired) electrons. The third kappa shape index (κ3) is 3.25. The second-order valence-corrected chi connectivity index (χ2v) is 5.49. The number of hydrogen-bond donors (Lipinski definition) is 3. The van der Waals surface area contributed by atoms with Crippen LogP contribution in [0.3, 0.4) is 0 Å². The minimum atomic E-state index is -1.20.